The van der Waals surface area contributed by atoms with Gasteiger partial charge in [-0.25, -0.2) is 0 Å². The van der Waals surface area contributed by atoms with Gasteiger partial charge in [0.2, 0.25) is 0 Å². The molecule has 1 aliphatic carbocycles. The van der Waals surface area contributed by atoms with Crippen molar-refractivity contribution in [1.82, 2.24) is 0 Å². The van der Waals surface area contributed by atoms with E-state index in [-0.39, 0.29) is 15.8 Å². The number of carbonyl (C=O) groups is 1. The Morgan fingerprint density at radius 2 is 2.00 bits per heavy atom. The van der Waals surface area contributed by atoms with E-state index in [1.165, 1.54) is 0 Å². The van der Waals surface area contributed by atoms with Crippen LogP contribution in [0.25, 0.3) is 5.57 Å². The van der Waals surface area contributed by atoms with E-state index >= 15 is 0 Å². The van der Waals surface area contributed by atoms with Gasteiger partial charge in [-0.2, -0.15) is 0 Å². The third-order valence-corrected chi connectivity index (χ3v) is 4.99. The molecule has 4 heteroatoms. The molecule has 0 saturated carbocycles. The van der Waals surface area contributed by atoms with E-state index in [1.807, 2.05) is 42.5 Å². The van der Waals surface area contributed by atoms with Crippen LogP contribution in [0.15, 0.2) is 48.5 Å². The van der Waals surface area contributed by atoms with Crippen LogP contribution in [0.2, 0.25) is 0 Å². The first-order valence-corrected chi connectivity index (χ1v) is 9.04. The molecule has 2 radical (unpaired) electrons. The molecule has 0 fully saturated rings. The summed E-state index contributed by atoms with van der Waals surface area (Å²) < 4.78 is 11.4. The van der Waals surface area contributed by atoms with E-state index < -0.39 is 0 Å². The molecule has 0 atom stereocenters. The fourth-order valence-electron chi connectivity index (χ4n) is 3.15. The highest BCUT2D eigenvalue weighted by Crippen LogP contribution is 2.36. The maximum Gasteiger partial charge on any atom is 1.03 e. The minimum Gasteiger partial charge on any atom is -0.460 e. The molecule has 118 valence electrons. The van der Waals surface area contributed by atoms with E-state index in [0.29, 0.717) is 11.1 Å². The summed E-state index contributed by atoms with van der Waals surface area (Å²) in [5, 5.41) is 0. The van der Waals surface area contributed by atoms with Crippen LogP contribution in [-0.4, -0.2) is 21.6 Å². The smallest absolute Gasteiger partial charge is 0.460 e. The van der Waals surface area contributed by atoms with Crippen molar-refractivity contribution in [2.45, 2.75) is 26.2 Å². The third kappa shape index (κ3) is 2.53. The molecule has 0 spiro atoms. The number of hydrogen-bond acceptors (Lipinski definition) is 2. The van der Waals surface area contributed by atoms with Gasteiger partial charge >= 0.3 is 15.8 Å². The van der Waals surface area contributed by atoms with Gasteiger partial charge in [-0.15, -0.1) is 0 Å². The van der Waals surface area contributed by atoms with Crippen molar-refractivity contribution in [1.29, 1.82) is 0 Å². The monoisotopic (exact) mass is 333 g/mol. The topological polar surface area (TPSA) is 37.6 Å². The number of carbonyl (C=O) groups excluding carboxylic acids is 2. The number of benzene rings is 2. The van der Waals surface area contributed by atoms with Gasteiger partial charge in [0.15, 0.2) is 5.78 Å². The van der Waals surface area contributed by atoms with Crippen LogP contribution in [0.1, 0.15) is 50.9 Å². The summed E-state index contributed by atoms with van der Waals surface area (Å²) in [5.41, 5.74) is 4.25. The normalized spacial score (nSPS) is 15.3. The Morgan fingerprint density at radius 1 is 1.17 bits per heavy atom. The molecule has 24 heavy (non-hydrogen) atoms. The third-order valence-electron chi connectivity index (χ3n) is 4.38. The molecule has 0 bridgehead atoms. The number of ketones is 2. The first-order valence-electron chi connectivity index (χ1n) is 8.22. The van der Waals surface area contributed by atoms with Gasteiger partial charge in [0.05, 0.1) is 6.08 Å². The number of hydrogen-bond donors (Lipinski definition) is 0. The van der Waals surface area contributed by atoms with E-state index in [4.69, 9.17) is 8.54 Å². The molecule has 1 aliphatic heterocycles. The van der Waals surface area contributed by atoms with Crippen LogP contribution in [0.3, 0.4) is 0 Å². The lowest BCUT2D eigenvalue weighted by atomic mass is 9.84. The SMILES string of the molecule is CCCCc1cc2c3c(c1)C(=O)C(c1ccccc1)=CC3=[O+][Si]O2. The number of rotatable bonds is 4. The summed E-state index contributed by atoms with van der Waals surface area (Å²) in [6.45, 7) is 2.17. The molecular weight excluding hydrogens is 316 g/mol. The van der Waals surface area contributed by atoms with Crippen molar-refractivity contribution in [2.24, 2.45) is 0 Å². The van der Waals surface area contributed by atoms with Crippen molar-refractivity contribution in [3.8, 4) is 5.75 Å². The largest absolute Gasteiger partial charge is 1.03 e. The average molecular weight is 333 g/mol. The van der Waals surface area contributed by atoms with Gasteiger partial charge in [0.1, 0.15) is 11.3 Å². The van der Waals surface area contributed by atoms with Gasteiger partial charge in [0.25, 0.3) is 0 Å². The fourth-order valence-corrected chi connectivity index (χ4v) is 3.69. The first kappa shape index (κ1) is 15.1. The fraction of sp³-hybridized carbons (Fsp3) is 0.200. The van der Waals surface area contributed by atoms with E-state index in [0.717, 1.165) is 47.5 Å². The van der Waals surface area contributed by atoms with Gasteiger partial charge in [-0.05, 0) is 36.1 Å². The second-order valence-corrected chi connectivity index (χ2v) is 6.60. The predicted molar refractivity (Wildman–Crippen MR) is 94.5 cm³/mol. The summed E-state index contributed by atoms with van der Waals surface area (Å²) in [7, 11) is -0.0686. The standard InChI is InChI=1S/C20H17O3Si/c1-2-3-7-13-10-16-19-17(11-13)22-24-23-18(19)12-15(20(16)21)14-8-5-4-6-9-14/h4-6,8-12H,2-3,7H2,1H3/q+1. The molecule has 0 saturated heterocycles. The molecule has 0 unspecified atom stereocenters. The molecule has 0 amide bonds. The molecule has 0 N–H and O–H groups in total. The van der Waals surface area contributed by atoms with Gasteiger partial charge in [0, 0.05) is 11.1 Å². The summed E-state index contributed by atoms with van der Waals surface area (Å²) in [5.74, 6) is 1.55. The summed E-state index contributed by atoms with van der Waals surface area (Å²) >= 11 is 0. The van der Waals surface area contributed by atoms with Crippen LogP contribution < -0.4 is 4.43 Å². The molecule has 2 aliphatic rings. The Balaban J connectivity index is 1.85. The zero-order valence-electron chi connectivity index (χ0n) is 13.5. The van der Waals surface area contributed by atoms with Crippen LogP contribution in [0.4, 0.5) is 0 Å². The highest BCUT2D eigenvalue weighted by Gasteiger charge is 2.39. The maximum atomic E-state index is 13.1. The molecule has 0 aromatic heterocycles. The van der Waals surface area contributed by atoms with E-state index in [1.54, 1.807) is 0 Å². The minimum absolute atomic E-state index is 0.0389. The lowest BCUT2D eigenvalue weighted by Gasteiger charge is -2.19. The number of Topliss-reactive ketones (excluding diaryl/α,β-unsaturated/α-hetero) is 1. The Morgan fingerprint density at radius 3 is 2.79 bits per heavy atom. The van der Waals surface area contributed by atoms with Crippen molar-refractivity contribution >= 4 is 27.1 Å². The summed E-state index contributed by atoms with van der Waals surface area (Å²) in [4.78, 5) is 13.1. The molecular formula is C20H17O3Si+. The average Bonchev–Trinajstić information content (AvgIpc) is 2.63. The van der Waals surface area contributed by atoms with Crippen LogP contribution >= 0.6 is 0 Å². The number of aryl methyl sites for hydroxylation is 1. The number of unbranched alkanes of at least 4 members (excludes halogenated alkanes) is 1. The second-order valence-electron chi connectivity index (χ2n) is 6.02. The molecule has 2 aromatic carbocycles. The van der Waals surface area contributed by atoms with Crippen molar-refractivity contribution < 1.29 is 13.3 Å². The Labute approximate surface area is 143 Å². The quantitative estimate of drug-likeness (QED) is 0.627. The van der Waals surface area contributed by atoms with Crippen molar-refractivity contribution in [3.63, 3.8) is 0 Å². The Bertz CT molecular complexity index is 866. The van der Waals surface area contributed by atoms with Gasteiger partial charge in [-0.1, -0.05) is 43.7 Å². The highest BCUT2D eigenvalue weighted by molar-refractivity contribution is 6.40. The zero-order valence-corrected chi connectivity index (χ0v) is 14.5. The second kappa shape index (κ2) is 6.21. The van der Waals surface area contributed by atoms with Gasteiger partial charge < -0.3 is 8.54 Å². The van der Waals surface area contributed by atoms with Crippen LogP contribution in [0.5, 0.6) is 5.75 Å². The summed E-state index contributed by atoms with van der Waals surface area (Å²) in [6, 6.07) is 13.8. The van der Waals surface area contributed by atoms with E-state index in [2.05, 4.69) is 13.0 Å². The maximum absolute atomic E-state index is 13.1. The van der Waals surface area contributed by atoms with Crippen LogP contribution in [0, 0.1) is 0 Å². The minimum atomic E-state index is -0.0686. The lowest BCUT2D eigenvalue weighted by molar-refractivity contribution is -0.0996. The first-order chi connectivity index (χ1) is 11.8. The molecule has 3 nitrogen and oxygen atoms in total. The van der Waals surface area contributed by atoms with Crippen molar-refractivity contribution in [3.05, 3.63) is 70.8 Å². The predicted octanol–water partition coefficient (Wildman–Crippen LogP) is 3.95. The number of allylic oxidation sites excluding steroid dienone is 2. The van der Waals surface area contributed by atoms with E-state index in [9.17, 15) is 4.79 Å². The van der Waals surface area contributed by atoms with Gasteiger partial charge in [-0.3, -0.25) is 4.79 Å². The molecule has 4 rings (SSSR count). The molecule has 2 aromatic rings. The van der Waals surface area contributed by atoms with Crippen molar-refractivity contribution in [2.75, 3.05) is 0 Å². The Kier molecular flexibility index (Phi) is 3.90. The molecule has 1 heterocycles. The highest BCUT2D eigenvalue weighted by atomic mass is 28.2. The van der Waals surface area contributed by atoms with Crippen LogP contribution in [-0.2, 0) is 6.42 Å². The Hall–Kier alpha value is -2.46. The summed E-state index contributed by atoms with van der Waals surface area (Å²) in [6.07, 6.45) is 5.03. The lowest BCUT2D eigenvalue weighted by Crippen LogP contribution is -2.24. The zero-order chi connectivity index (χ0) is 16.5.